The van der Waals surface area contributed by atoms with Gasteiger partial charge in [0.25, 0.3) is 0 Å². The molecule has 0 aliphatic carbocycles. The van der Waals surface area contributed by atoms with Crippen LogP contribution in [-0.2, 0) is 11.4 Å². The van der Waals surface area contributed by atoms with E-state index in [1.807, 2.05) is 55.5 Å². The topological polar surface area (TPSA) is 35.5 Å². The Morgan fingerprint density at radius 3 is 2.52 bits per heavy atom. The molecule has 2 aromatic rings. The van der Waals surface area contributed by atoms with E-state index in [0.717, 1.165) is 23.0 Å². The van der Waals surface area contributed by atoms with E-state index in [9.17, 15) is 4.79 Å². The van der Waals surface area contributed by atoms with Crippen LogP contribution in [0.3, 0.4) is 0 Å². The number of hydrogen-bond donors (Lipinski definition) is 0. The molecule has 0 unspecified atom stereocenters. The SMILES string of the molecule is COc1ccc(/C(C)=C/C=O)cc1OCc1ccccc1. The highest BCUT2D eigenvalue weighted by molar-refractivity contribution is 5.81. The Hall–Kier alpha value is -2.55. The lowest BCUT2D eigenvalue weighted by Gasteiger charge is -2.12. The summed E-state index contributed by atoms with van der Waals surface area (Å²) in [6.45, 7) is 2.36. The fourth-order valence-electron chi connectivity index (χ4n) is 1.97. The van der Waals surface area contributed by atoms with Gasteiger partial charge >= 0.3 is 0 Å². The van der Waals surface area contributed by atoms with Crippen molar-refractivity contribution in [2.24, 2.45) is 0 Å². The summed E-state index contributed by atoms with van der Waals surface area (Å²) in [6, 6.07) is 15.6. The Labute approximate surface area is 124 Å². The molecule has 2 aromatic carbocycles. The molecule has 0 heterocycles. The van der Waals surface area contributed by atoms with Crippen LogP contribution >= 0.6 is 0 Å². The van der Waals surface area contributed by atoms with Crippen LogP contribution in [-0.4, -0.2) is 13.4 Å². The quantitative estimate of drug-likeness (QED) is 0.596. The van der Waals surface area contributed by atoms with Gasteiger partial charge in [-0.3, -0.25) is 4.79 Å². The number of methoxy groups -OCH3 is 1. The average molecular weight is 282 g/mol. The molecule has 0 bridgehead atoms. The minimum absolute atomic E-state index is 0.469. The summed E-state index contributed by atoms with van der Waals surface area (Å²) < 4.78 is 11.2. The van der Waals surface area contributed by atoms with Gasteiger partial charge in [-0.1, -0.05) is 36.4 Å². The molecule has 0 N–H and O–H groups in total. The van der Waals surface area contributed by atoms with Gasteiger partial charge in [0, 0.05) is 0 Å². The van der Waals surface area contributed by atoms with Crippen molar-refractivity contribution in [3.8, 4) is 11.5 Å². The molecule has 0 aromatic heterocycles. The van der Waals surface area contributed by atoms with E-state index in [4.69, 9.17) is 9.47 Å². The average Bonchev–Trinajstić information content (AvgIpc) is 2.54. The maximum Gasteiger partial charge on any atom is 0.162 e. The minimum Gasteiger partial charge on any atom is -0.493 e. The van der Waals surface area contributed by atoms with Crippen LogP contribution in [0.25, 0.3) is 5.57 Å². The molecule has 3 heteroatoms. The third-order valence-corrected chi connectivity index (χ3v) is 3.17. The molecule has 0 fully saturated rings. The molecule has 3 nitrogen and oxygen atoms in total. The number of carbonyl (C=O) groups is 1. The Morgan fingerprint density at radius 2 is 1.86 bits per heavy atom. The fourth-order valence-corrected chi connectivity index (χ4v) is 1.97. The van der Waals surface area contributed by atoms with E-state index < -0.39 is 0 Å². The van der Waals surface area contributed by atoms with Crippen molar-refractivity contribution >= 4 is 11.9 Å². The largest absolute Gasteiger partial charge is 0.493 e. The number of hydrogen-bond acceptors (Lipinski definition) is 3. The summed E-state index contributed by atoms with van der Waals surface area (Å²) in [5.41, 5.74) is 2.91. The highest BCUT2D eigenvalue weighted by Gasteiger charge is 2.07. The second-order valence-corrected chi connectivity index (χ2v) is 4.63. The second kappa shape index (κ2) is 7.29. The van der Waals surface area contributed by atoms with Crippen LogP contribution < -0.4 is 9.47 Å². The van der Waals surface area contributed by atoms with Gasteiger partial charge in [-0.2, -0.15) is 0 Å². The maximum atomic E-state index is 10.6. The lowest BCUT2D eigenvalue weighted by atomic mass is 10.1. The number of carbonyl (C=O) groups excluding carboxylic acids is 1. The molecule has 2 rings (SSSR count). The Morgan fingerprint density at radius 1 is 1.10 bits per heavy atom. The van der Waals surface area contributed by atoms with Gasteiger partial charge in [-0.05, 0) is 41.8 Å². The highest BCUT2D eigenvalue weighted by atomic mass is 16.5. The number of rotatable bonds is 6. The fraction of sp³-hybridized carbons (Fsp3) is 0.167. The molecule has 0 spiro atoms. The standard InChI is InChI=1S/C18H18O3/c1-14(10-11-19)16-8-9-17(20-2)18(12-16)21-13-15-6-4-3-5-7-15/h3-12H,13H2,1-2H3/b14-10+. The minimum atomic E-state index is 0.469. The predicted octanol–water partition coefficient (Wildman–Crippen LogP) is 3.88. The third kappa shape index (κ3) is 3.96. The van der Waals surface area contributed by atoms with Crippen molar-refractivity contribution in [1.82, 2.24) is 0 Å². The van der Waals surface area contributed by atoms with Gasteiger partial charge in [0.1, 0.15) is 12.9 Å². The number of allylic oxidation sites excluding steroid dienone is 2. The van der Waals surface area contributed by atoms with Crippen LogP contribution in [0.5, 0.6) is 11.5 Å². The van der Waals surface area contributed by atoms with Crippen molar-refractivity contribution < 1.29 is 14.3 Å². The van der Waals surface area contributed by atoms with Crippen LogP contribution in [0.1, 0.15) is 18.1 Å². The first-order chi connectivity index (χ1) is 10.2. The normalized spacial score (nSPS) is 11.0. The first-order valence-electron chi connectivity index (χ1n) is 6.72. The van der Waals surface area contributed by atoms with Crippen molar-refractivity contribution in [1.29, 1.82) is 0 Å². The van der Waals surface area contributed by atoms with Gasteiger partial charge in [0.2, 0.25) is 0 Å². The monoisotopic (exact) mass is 282 g/mol. The molecule has 0 atom stereocenters. The zero-order valence-corrected chi connectivity index (χ0v) is 12.2. The molecular weight excluding hydrogens is 264 g/mol. The van der Waals surface area contributed by atoms with E-state index in [0.29, 0.717) is 18.1 Å². The van der Waals surface area contributed by atoms with Crippen molar-refractivity contribution in [3.05, 3.63) is 65.7 Å². The van der Waals surface area contributed by atoms with Crippen molar-refractivity contribution in [3.63, 3.8) is 0 Å². The molecule has 108 valence electrons. The van der Waals surface area contributed by atoms with Crippen LogP contribution in [0.2, 0.25) is 0 Å². The third-order valence-electron chi connectivity index (χ3n) is 3.17. The molecule has 0 saturated carbocycles. The molecule has 0 amide bonds. The van der Waals surface area contributed by atoms with E-state index in [1.165, 1.54) is 6.08 Å². The molecule has 0 radical (unpaired) electrons. The van der Waals surface area contributed by atoms with Gasteiger partial charge in [-0.15, -0.1) is 0 Å². The first-order valence-corrected chi connectivity index (χ1v) is 6.72. The number of ether oxygens (including phenoxy) is 2. The molecule has 0 saturated heterocycles. The number of benzene rings is 2. The molecule has 0 aliphatic heterocycles. The van der Waals surface area contributed by atoms with Crippen LogP contribution in [0.4, 0.5) is 0 Å². The van der Waals surface area contributed by atoms with Gasteiger partial charge in [0.15, 0.2) is 11.5 Å². The van der Waals surface area contributed by atoms with Crippen molar-refractivity contribution in [2.45, 2.75) is 13.5 Å². The molecule has 0 aliphatic rings. The first kappa shape index (κ1) is 14.9. The predicted molar refractivity (Wildman–Crippen MR) is 83.5 cm³/mol. The lowest BCUT2D eigenvalue weighted by molar-refractivity contribution is -0.104. The number of aldehydes is 1. The highest BCUT2D eigenvalue weighted by Crippen LogP contribution is 2.31. The van der Waals surface area contributed by atoms with Crippen molar-refractivity contribution in [2.75, 3.05) is 7.11 Å². The Kier molecular flexibility index (Phi) is 5.16. The van der Waals surface area contributed by atoms with E-state index >= 15 is 0 Å². The summed E-state index contributed by atoms with van der Waals surface area (Å²) in [4.78, 5) is 10.6. The zero-order valence-electron chi connectivity index (χ0n) is 12.2. The lowest BCUT2D eigenvalue weighted by Crippen LogP contribution is -1.98. The van der Waals surface area contributed by atoms with Gasteiger partial charge in [-0.25, -0.2) is 0 Å². The summed E-state index contributed by atoms with van der Waals surface area (Å²) in [6.07, 6.45) is 2.31. The van der Waals surface area contributed by atoms with E-state index in [-0.39, 0.29) is 0 Å². The zero-order chi connectivity index (χ0) is 15.1. The van der Waals surface area contributed by atoms with Gasteiger partial charge < -0.3 is 9.47 Å². The maximum absolute atomic E-state index is 10.6. The second-order valence-electron chi connectivity index (χ2n) is 4.63. The van der Waals surface area contributed by atoms with E-state index in [1.54, 1.807) is 7.11 Å². The summed E-state index contributed by atoms with van der Waals surface area (Å²) in [7, 11) is 1.61. The molecular formula is C18H18O3. The summed E-state index contributed by atoms with van der Waals surface area (Å²) in [5.74, 6) is 1.34. The summed E-state index contributed by atoms with van der Waals surface area (Å²) >= 11 is 0. The smallest absolute Gasteiger partial charge is 0.162 e. The van der Waals surface area contributed by atoms with Crippen LogP contribution in [0.15, 0.2) is 54.6 Å². The summed E-state index contributed by atoms with van der Waals surface area (Å²) in [5, 5.41) is 0. The Bertz CT molecular complexity index is 630. The van der Waals surface area contributed by atoms with Crippen LogP contribution in [0, 0.1) is 0 Å². The van der Waals surface area contributed by atoms with E-state index in [2.05, 4.69) is 0 Å². The molecule has 21 heavy (non-hydrogen) atoms. The Balaban J connectivity index is 2.22. The van der Waals surface area contributed by atoms with Gasteiger partial charge in [0.05, 0.1) is 7.11 Å².